The molecule has 0 atom stereocenters. The Kier molecular flexibility index (Phi) is 3.22. The van der Waals surface area contributed by atoms with Crippen molar-refractivity contribution >= 4 is 17.3 Å². The maximum atomic E-state index is 11.2. The first kappa shape index (κ1) is 12.8. The lowest BCUT2D eigenvalue weighted by Crippen LogP contribution is -2.19. The van der Waals surface area contributed by atoms with E-state index in [0.717, 1.165) is 10.6 Å². The van der Waals surface area contributed by atoms with Crippen LogP contribution in [0, 0.1) is 0 Å². The van der Waals surface area contributed by atoms with Gasteiger partial charge in [0.1, 0.15) is 0 Å². The summed E-state index contributed by atoms with van der Waals surface area (Å²) in [6.07, 6.45) is 0. The maximum Gasteiger partial charge on any atom is 0.337 e. The number of carboxylic acids is 1. The summed E-state index contributed by atoms with van der Waals surface area (Å²) in [5.74, 6) is -0.926. The highest BCUT2D eigenvalue weighted by Gasteiger charge is 2.24. The van der Waals surface area contributed by atoms with Crippen LogP contribution in [-0.2, 0) is 5.41 Å². The number of carbonyl (C=O) groups is 1. The van der Waals surface area contributed by atoms with Gasteiger partial charge in [-0.15, -0.1) is 11.3 Å². The second kappa shape index (κ2) is 4.53. The molecule has 0 radical (unpaired) electrons. The van der Waals surface area contributed by atoms with E-state index >= 15 is 0 Å². The Bertz CT molecular complexity index is 568. The van der Waals surface area contributed by atoms with Crippen molar-refractivity contribution in [1.82, 2.24) is 4.98 Å². The predicted molar refractivity (Wildman–Crippen MR) is 73.2 cm³/mol. The summed E-state index contributed by atoms with van der Waals surface area (Å²) in [5.41, 5.74) is 1.45. The smallest absolute Gasteiger partial charge is 0.337 e. The molecule has 2 heterocycles. The summed E-state index contributed by atoms with van der Waals surface area (Å²) < 4.78 is 0. The molecule has 0 aromatic carbocycles. The number of thiophene rings is 1. The normalized spacial score (nSPS) is 11.5. The molecule has 0 aliphatic rings. The number of carboxylic acid groups (broad SMARTS) is 1. The van der Waals surface area contributed by atoms with Gasteiger partial charge in [-0.3, -0.25) is 4.98 Å². The van der Waals surface area contributed by atoms with Crippen LogP contribution in [0.5, 0.6) is 0 Å². The number of nitrogens with zero attached hydrogens (tertiary/aromatic N) is 1. The summed E-state index contributed by atoms with van der Waals surface area (Å²) in [6, 6.07) is 7.36. The zero-order valence-electron chi connectivity index (χ0n) is 10.6. The van der Waals surface area contributed by atoms with Crippen molar-refractivity contribution in [2.75, 3.05) is 0 Å². The number of hydrogen-bond acceptors (Lipinski definition) is 3. The second-order valence-corrected chi connectivity index (χ2v) is 6.07. The Morgan fingerprint density at radius 3 is 2.50 bits per heavy atom. The highest BCUT2D eigenvalue weighted by molar-refractivity contribution is 7.13. The van der Waals surface area contributed by atoms with Gasteiger partial charge in [-0.05, 0) is 23.6 Å². The number of rotatable bonds is 2. The third-order valence-electron chi connectivity index (χ3n) is 2.61. The van der Waals surface area contributed by atoms with Crippen LogP contribution in [0.15, 0.2) is 29.6 Å². The van der Waals surface area contributed by atoms with Gasteiger partial charge in [-0.25, -0.2) is 4.79 Å². The van der Waals surface area contributed by atoms with Crippen molar-refractivity contribution in [1.29, 1.82) is 0 Å². The number of pyridine rings is 1. The fourth-order valence-corrected chi connectivity index (χ4v) is 2.46. The Hall–Kier alpha value is -1.68. The standard InChI is InChI=1S/C14H15NO2S/c1-14(2,3)12-9(13(16)17)6-7-10(15-12)11-5-4-8-18-11/h4-8H,1-3H3,(H,16,17). The van der Waals surface area contributed by atoms with E-state index < -0.39 is 5.97 Å². The van der Waals surface area contributed by atoms with Crippen molar-refractivity contribution in [3.05, 3.63) is 40.9 Å². The van der Waals surface area contributed by atoms with Gasteiger partial charge >= 0.3 is 5.97 Å². The van der Waals surface area contributed by atoms with Crippen LogP contribution in [0.1, 0.15) is 36.8 Å². The molecular formula is C14H15NO2S. The van der Waals surface area contributed by atoms with Crippen LogP contribution >= 0.6 is 11.3 Å². The molecule has 94 valence electrons. The summed E-state index contributed by atoms with van der Waals surface area (Å²) in [5, 5.41) is 11.2. The molecule has 2 aromatic heterocycles. The number of hydrogen-bond donors (Lipinski definition) is 1. The molecule has 0 saturated carbocycles. The molecule has 0 aliphatic heterocycles. The minimum absolute atomic E-state index is 0.280. The van der Waals surface area contributed by atoms with Gasteiger partial charge in [0, 0.05) is 5.41 Å². The summed E-state index contributed by atoms with van der Waals surface area (Å²) in [4.78, 5) is 16.8. The lowest BCUT2D eigenvalue weighted by Gasteiger charge is -2.20. The molecule has 4 heteroatoms. The molecule has 0 fully saturated rings. The topological polar surface area (TPSA) is 50.2 Å². The minimum Gasteiger partial charge on any atom is -0.478 e. The highest BCUT2D eigenvalue weighted by Crippen LogP contribution is 2.29. The van der Waals surface area contributed by atoms with Crippen LogP contribution in [-0.4, -0.2) is 16.1 Å². The quantitative estimate of drug-likeness (QED) is 0.894. The van der Waals surface area contributed by atoms with E-state index in [9.17, 15) is 9.90 Å². The Labute approximate surface area is 110 Å². The number of aromatic carboxylic acids is 1. The highest BCUT2D eigenvalue weighted by atomic mass is 32.1. The van der Waals surface area contributed by atoms with Gasteiger partial charge in [0.05, 0.1) is 21.8 Å². The average molecular weight is 261 g/mol. The van der Waals surface area contributed by atoms with Gasteiger partial charge in [0.2, 0.25) is 0 Å². The lowest BCUT2D eigenvalue weighted by molar-refractivity contribution is 0.0693. The first-order valence-electron chi connectivity index (χ1n) is 5.68. The van der Waals surface area contributed by atoms with Crippen LogP contribution in [0.4, 0.5) is 0 Å². The predicted octanol–water partition coefficient (Wildman–Crippen LogP) is 3.81. The molecule has 1 N–H and O–H groups in total. The van der Waals surface area contributed by atoms with Crippen LogP contribution in [0.25, 0.3) is 10.6 Å². The zero-order chi connectivity index (χ0) is 13.3. The third-order valence-corrected chi connectivity index (χ3v) is 3.50. The van der Waals surface area contributed by atoms with Crippen molar-refractivity contribution in [2.24, 2.45) is 0 Å². The van der Waals surface area contributed by atoms with Gasteiger partial charge < -0.3 is 5.11 Å². The van der Waals surface area contributed by atoms with Gasteiger partial charge in [0.15, 0.2) is 0 Å². The summed E-state index contributed by atoms with van der Waals surface area (Å²) in [7, 11) is 0. The van der Waals surface area contributed by atoms with E-state index in [1.54, 1.807) is 23.5 Å². The lowest BCUT2D eigenvalue weighted by atomic mass is 9.88. The monoisotopic (exact) mass is 261 g/mol. The zero-order valence-corrected chi connectivity index (χ0v) is 11.4. The molecule has 0 bridgehead atoms. The van der Waals surface area contributed by atoms with E-state index in [1.807, 2.05) is 38.3 Å². The largest absolute Gasteiger partial charge is 0.478 e. The van der Waals surface area contributed by atoms with Crippen molar-refractivity contribution in [3.8, 4) is 10.6 Å². The van der Waals surface area contributed by atoms with Crippen LogP contribution < -0.4 is 0 Å². The van der Waals surface area contributed by atoms with Gasteiger partial charge in [0.25, 0.3) is 0 Å². The molecule has 0 amide bonds. The number of aromatic nitrogens is 1. The fraction of sp³-hybridized carbons (Fsp3) is 0.286. The molecule has 0 saturated heterocycles. The molecule has 2 rings (SSSR count). The van der Waals surface area contributed by atoms with Crippen molar-refractivity contribution in [2.45, 2.75) is 26.2 Å². The maximum absolute atomic E-state index is 11.2. The molecule has 0 unspecified atom stereocenters. The first-order chi connectivity index (χ1) is 8.39. The first-order valence-corrected chi connectivity index (χ1v) is 6.56. The molecular weight excluding hydrogens is 246 g/mol. The van der Waals surface area contributed by atoms with Crippen molar-refractivity contribution < 1.29 is 9.90 Å². The minimum atomic E-state index is -0.926. The fourth-order valence-electron chi connectivity index (χ4n) is 1.76. The molecule has 3 nitrogen and oxygen atoms in total. The average Bonchev–Trinajstić information content (AvgIpc) is 2.80. The molecule has 2 aromatic rings. The van der Waals surface area contributed by atoms with Gasteiger partial charge in [-0.2, -0.15) is 0 Å². The van der Waals surface area contributed by atoms with E-state index in [0.29, 0.717) is 5.69 Å². The summed E-state index contributed by atoms with van der Waals surface area (Å²) >= 11 is 1.60. The van der Waals surface area contributed by atoms with Gasteiger partial charge in [-0.1, -0.05) is 26.8 Å². The Morgan fingerprint density at radius 1 is 1.28 bits per heavy atom. The van der Waals surface area contributed by atoms with Crippen molar-refractivity contribution in [3.63, 3.8) is 0 Å². The van der Waals surface area contributed by atoms with E-state index in [1.165, 1.54) is 0 Å². The van der Waals surface area contributed by atoms with E-state index in [4.69, 9.17) is 0 Å². The SMILES string of the molecule is CC(C)(C)c1nc(-c2cccs2)ccc1C(=O)O. The van der Waals surface area contributed by atoms with E-state index in [2.05, 4.69) is 4.98 Å². The van der Waals surface area contributed by atoms with Crippen LogP contribution in [0.2, 0.25) is 0 Å². The summed E-state index contributed by atoms with van der Waals surface area (Å²) in [6.45, 7) is 5.92. The Balaban J connectivity index is 2.60. The molecule has 0 spiro atoms. The van der Waals surface area contributed by atoms with E-state index in [-0.39, 0.29) is 11.0 Å². The third kappa shape index (κ3) is 2.43. The van der Waals surface area contributed by atoms with Crippen LogP contribution in [0.3, 0.4) is 0 Å². The Morgan fingerprint density at radius 2 is 2.00 bits per heavy atom. The second-order valence-electron chi connectivity index (χ2n) is 5.13. The molecule has 18 heavy (non-hydrogen) atoms. The molecule has 0 aliphatic carbocycles.